The molecule has 8 heteroatoms. The Bertz CT molecular complexity index is 1430. The molecular formula is C32H34N2O6. The van der Waals surface area contributed by atoms with Crippen molar-refractivity contribution in [1.82, 2.24) is 9.88 Å². The number of fused-ring (bicyclic) bond motifs is 1. The van der Waals surface area contributed by atoms with Crippen molar-refractivity contribution in [1.29, 1.82) is 0 Å². The van der Waals surface area contributed by atoms with Crippen LogP contribution in [-0.4, -0.2) is 46.0 Å². The van der Waals surface area contributed by atoms with Crippen molar-refractivity contribution in [3.05, 3.63) is 88.8 Å². The summed E-state index contributed by atoms with van der Waals surface area (Å²) in [6.07, 6.45) is 5.93. The second-order valence-corrected chi connectivity index (χ2v) is 10.1. The molecule has 1 saturated heterocycles. The third-order valence-corrected chi connectivity index (χ3v) is 7.15. The van der Waals surface area contributed by atoms with E-state index in [9.17, 15) is 14.7 Å². The first-order valence-corrected chi connectivity index (χ1v) is 13.8. The summed E-state index contributed by atoms with van der Waals surface area (Å²) in [4.78, 5) is 32.6. The van der Waals surface area contributed by atoms with Crippen LogP contribution >= 0.6 is 0 Å². The number of nitrogens with zero attached hydrogens (tertiary/aromatic N) is 2. The minimum atomic E-state index is -0.833. The van der Waals surface area contributed by atoms with E-state index < -0.39 is 17.7 Å². The molecule has 0 unspecified atom stereocenters. The lowest BCUT2D eigenvalue weighted by molar-refractivity contribution is -0.140. The van der Waals surface area contributed by atoms with E-state index >= 15 is 0 Å². The van der Waals surface area contributed by atoms with Crippen LogP contribution in [-0.2, 0) is 22.6 Å². The van der Waals surface area contributed by atoms with E-state index in [1.165, 1.54) is 4.90 Å². The highest BCUT2D eigenvalue weighted by Crippen LogP contribution is 2.43. The van der Waals surface area contributed by atoms with E-state index in [0.29, 0.717) is 42.3 Å². The molecular weight excluding hydrogens is 508 g/mol. The first kappa shape index (κ1) is 27.2. The van der Waals surface area contributed by atoms with Gasteiger partial charge in [-0.2, -0.15) is 0 Å². The van der Waals surface area contributed by atoms with Gasteiger partial charge < -0.3 is 24.2 Å². The summed E-state index contributed by atoms with van der Waals surface area (Å²) in [6, 6.07) is 13.5. The zero-order chi connectivity index (χ0) is 28.2. The van der Waals surface area contributed by atoms with Gasteiger partial charge >= 0.3 is 0 Å². The molecule has 2 aliphatic rings. The molecule has 3 aromatic rings. The zero-order valence-electron chi connectivity index (χ0n) is 23.1. The molecule has 0 spiro atoms. The number of likely N-dealkylation sites (tertiary alicyclic amines) is 1. The van der Waals surface area contributed by atoms with Gasteiger partial charge in [-0.15, -0.1) is 0 Å². The maximum absolute atomic E-state index is 13.5. The Morgan fingerprint density at radius 2 is 1.85 bits per heavy atom. The topological polar surface area (TPSA) is 98.2 Å². The van der Waals surface area contributed by atoms with Crippen molar-refractivity contribution < 1.29 is 28.9 Å². The number of aliphatic hydroxyl groups excluding tert-OH is 1. The molecule has 0 aliphatic carbocycles. The number of carbonyl (C=O) groups is 2. The van der Waals surface area contributed by atoms with Gasteiger partial charge in [0, 0.05) is 30.9 Å². The summed E-state index contributed by atoms with van der Waals surface area (Å²) in [5.41, 5.74) is 2.90. The summed E-state index contributed by atoms with van der Waals surface area (Å²) < 4.78 is 17.7. The molecule has 208 valence electrons. The van der Waals surface area contributed by atoms with E-state index in [1.807, 2.05) is 26.0 Å². The molecule has 1 fully saturated rings. The Morgan fingerprint density at radius 1 is 1.05 bits per heavy atom. The first-order chi connectivity index (χ1) is 19.4. The molecule has 2 atom stereocenters. The van der Waals surface area contributed by atoms with Crippen LogP contribution in [0.4, 0.5) is 0 Å². The van der Waals surface area contributed by atoms with Gasteiger partial charge in [-0.3, -0.25) is 14.6 Å². The predicted octanol–water partition coefficient (Wildman–Crippen LogP) is 5.60. The highest BCUT2D eigenvalue weighted by molar-refractivity contribution is 6.46. The van der Waals surface area contributed by atoms with E-state index in [1.54, 1.807) is 48.8 Å². The minimum Gasteiger partial charge on any atom is -0.507 e. The van der Waals surface area contributed by atoms with Gasteiger partial charge in [-0.05, 0) is 79.4 Å². The van der Waals surface area contributed by atoms with Crippen molar-refractivity contribution >= 4 is 17.4 Å². The molecule has 2 aliphatic heterocycles. The third kappa shape index (κ3) is 5.39. The number of unbranched alkanes of at least 4 members (excludes halogenated alkanes) is 1. The zero-order valence-corrected chi connectivity index (χ0v) is 23.1. The fraction of sp³-hybridized carbons (Fsp3) is 0.344. The number of hydrogen-bond donors (Lipinski definition) is 1. The number of ether oxygens (including phenoxy) is 3. The molecule has 1 amide bonds. The second kappa shape index (κ2) is 11.8. The molecule has 1 aromatic heterocycles. The number of carbonyl (C=O) groups excluding carboxylic acids is 2. The molecule has 8 nitrogen and oxygen atoms in total. The average Bonchev–Trinajstić information content (AvgIpc) is 3.45. The quantitative estimate of drug-likeness (QED) is 0.154. The van der Waals surface area contributed by atoms with Crippen LogP contribution in [0.2, 0.25) is 0 Å². The number of pyridine rings is 1. The smallest absolute Gasteiger partial charge is 0.295 e. The Kier molecular flexibility index (Phi) is 8.05. The van der Waals surface area contributed by atoms with Crippen molar-refractivity contribution in [2.45, 2.75) is 58.7 Å². The van der Waals surface area contributed by atoms with Crippen LogP contribution in [0.3, 0.4) is 0 Å². The molecule has 40 heavy (non-hydrogen) atoms. The van der Waals surface area contributed by atoms with E-state index in [-0.39, 0.29) is 24.0 Å². The van der Waals surface area contributed by atoms with Crippen LogP contribution in [0.15, 0.2) is 66.5 Å². The van der Waals surface area contributed by atoms with Gasteiger partial charge in [0.25, 0.3) is 11.7 Å². The summed E-state index contributed by atoms with van der Waals surface area (Å²) in [5.74, 6) is 0.251. The molecule has 1 N–H and O–H groups in total. The monoisotopic (exact) mass is 542 g/mol. The summed E-state index contributed by atoms with van der Waals surface area (Å²) in [7, 11) is 0. The van der Waals surface area contributed by atoms with E-state index in [2.05, 4.69) is 11.9 Å². The Hall–Kier alpha value is -4.33. The Labute approximate surface area is 234 Å². The van der Waals surface area contributed by atoms with Gasteiger partial charge in [0.2, 0.25) is 0 Å². The molecule has 3 heterocycles. The number of benzene rings is 2. The standard InChI is InChI=1S/C32H34N2O6/c1-4-6-15-39-26-10-7-22(18-27(26)38-5-2)29-28(30(35)23-8-9-25-24(17-23)16-20(3)40-25)31(36)32(37)34(29)19-21-11-13-33-14-12-21/h7-14,17-18,20,29,35H,4-6,15-16,19H2,1-3H3/t20-,29-/m0/s1. The van der Waals surface area contributed by atoms with Crippen molar-refractivity contribution in [2.24, 2.45) is 0 Å². The predicted molar refractivity (Wildman–Crippen MR) is 150 cm³/mol. The van der Waals surface area contributed by atoms with Crippen molar-refractivity contribution in [3.8, 4) is 17.2 Å². The normalized spacial score (nSPS) is 19.4. The maximum Gasteiger partial charge on any atom is 0.295 e. The van der Waals surface area contributed by atoms with Gasteiger partial charge in [0.15, 0.2) is 11.5 Å². The van der Waals surface area contributed by atoms with Crippen molar-refractivity contribution in [3.63, 3.8) is 0 Å². The summed E-state index contributed by atoms with van der Waals surface area (Å²) in [6.45, 7) is 7.10. The Balaban J connectivity index is 1.61. The first-order valence-electron chi connectivity index (χ1n) is 13.8. The molecule has 2 aromatic carbocycles. The molecule has 0 saturated carbocycles. The van der Waals surface area contributed by atoms with Crippen LogP contribution in [0.1, 0.15) is 61.9 Å². The average molecular weight is 543 g/mol. The largest absolute Gasteiger partial charge is 0.507 e. The number of rotatable bonds is 10. The lowest BCUT2D eigenvalue weighted by Gasteiger charge is -2.26. The summed E-state index contributed by atoms with van der Waals surface area (Å²) >= 11 is 0. The van der Waals surface area contributed by atoms with Crippen LogP contribution in [0.25, 0.3) is 5.76 Å². The number of Topliss-reactive ketones (excluding diaryl/α,β-unsaturated/α-hetero) is 1. The van der Waals surface area contributed by atoms with Gasteiger partial charge in [0.1, 0.15) is 17.6 Å². The van der Waals surface area contributed by atoms with Crippen LogP contribution < -0.4 is 14.2 Å². The molecule has 5 rings (SSSR count). The second-order valence-electron chi connectivity index (χ2n) is 10.1. The number of ketones is 1. The number of aliphatic hydroxyl groups is 1. The lowest BCUT2D eigenvalue weighted by Crippen LogP contribution is -2.29. The van der Waals surface area contributed by atoms with Crippen LogP contribution in [0.5, 0.6) is 17.2 Å². The van der Waals surface area contributed by atoms with Crippen molar-refractivity contribution in [2.75, 3.05) is 13.2 Å². The fourth-order valence-electron chi connectivity index (χ4n) is 5.21. The maximum atomic E-state index is 13.5. The highest BCUT2D eigenvalue weighted by Gasteiger charge is 2.46. The molecule has 0 radical (unpaired) electrons. The van der Waals surface area contributed by atoms with Gasteiger partial charge in [0.05, 0.1) is 24.8 Å². The number of amides is 1. The number of hydrogen-bond acceptors (Lipinski definition) is 7. The van der Waals surface area contributed by atoms with Gasteiger partial charge in [-0.1, -0.05) is 19.4 Å². The number of aromatic nitrogens is 1. The van der Waals surface area contributed by atoms with Gasteiger partial charge in [-0.25, -0.2) is 0 Å². The SMILES string of the molecule is CCCCOc1ccc([C@H]2C(=C(O)c3ccc4c(c3)C[C@H](C)O4)C(=O)C(=O)N2Cc2ccncc2)cc1OCC. The minimum absolute atomic E-state index is 0.0352. The third-order valence-electron chi connectivity index (χ3n) is 7.15. The van der Waals surface area contributed by atoms with E-state index in [0.717, 1.165) is 29.7 Å². The van der Waals surface area contributed by atoms with E-state index in [4.69, 9.17) is 14.2 Å². The lowest BCUT2D eigenvalue weighted by atomic mass is 9.94. The fourth-order valence-corrected chi connectivity index (χ4v) is 5.21. The highest BCUT2D eigenvalue weighted by atomic mass is 16.5. The van der Waals surface area contributed by atoms with Crippen LogP contribution in [0, 0.1) is 0 Å². The summed E-state index contributed by atoms with van der Waals surface area (Å²) in [5, 5.41) is 11.6. The Morgan fingerprint density at radius 3 is 2.60 bits per heavy atom. The molecule has 0 bridgehead atoms.